The highest BCUT2D eigenvalue weighted by Crippen LogP contribution is 2.45. The van der Waals surface area contributed by atoms with Crippen LogP contribution in [-0.2, 0) is 23.9 Å². The molecular formula is C24H26N2O7S. The first-order chi connectivity index (χ1) is 16.3. The molecular weight excluding hydrogens is 460 g/mol. The van der Waals surface area contributed by atoms with Crippen LogP contribution in [0.3, 0.4) is 0 Å². The summed E-state index contributed by atoms with van der Waals surface area (Å²) in [6.45, 7) is 5.38. The lowest BCUT2D eigenvalue weighted by atomic mass is 9.93. The first-order valence-electron chi connectivity index (χ1n) is 11.1. The molecule has 9 nitrogen and oxygen atoms in total. The number of benzene rings is 1. The molecule has 3 atom stereocenters. The average molecular weight is 487 g/mol. The van der Waals surface area contributed by atoms with E-state index in [-0.39, 0.29) is 28.1 Å². The molecule has 1 aromatic heterocycles. The Labute approximate surface area is 201 Å². The molecule has 0 bridgehead atoms. The Bertz CT molecular complexity index is 1130. The van der Waals surface area contributed by atoms with Crippen LogP contribution < -0.4 is 9.96 Å². The summed E-state index contributed by atoms with van der Waals surface area (Å²) in [4.78, 5) is 59.4. The smallest absolute Gasteiger partial charge is 0.348 e. The van der Waals surface area contributed by atoms with Gasteiger partial charge in [0.05, 0.1) is 36.9 Å². The number of rotatable bonds is 7. The van der Waals surface area contributed by atoms with Gasteiger partial charge in [0.2, 0.25) is 5.91 Å². The number of carbonyl (C=O) groups excluding carboxylic acids is 4. The Kier molecular flexibility index (Phi) is 6.72. The lowest BCUT2D eigenvalue weighted by Crippen LogP contribution is -2.40. The van der Waals surface area contributed by atoms with Crippen molar-refractivity contribution in [2.75, 3.05) is 23.7 Å². The fourth-order valence-corrected chi connectivity index (χ4v) is 5.70. The third kappa shape index (κ3) is 3.76. The summed E-state index contributed by atoms with van der Waals surface area (Å²) < 4.78 is 9.99. The second-order valence-corrected chi connectivity index (χ2v) is 9.03. The van der Waals surface area contributed by atoms with Crippen LogP contribution in [0.5, 0.6) is 0 Å². The molecule has 2 aromatic rings. The van der Waals surface area contributed by atoms with Crippen LogP contribution in [0.1, 0.15) is 52.3 Å². The van der Waals surface area contributed by atoms with Crippen LogP contribution >= 0.6 is 11.3 Å². The molecule has 0 spiro atoms. The van der Waals surface area contributed by atoms with E-state index in [9.17, 15) is 19.2 Å². The Morgan fingerprint density at radius 2 is 1.79 bits per heavy atom. The van der Waals surface area contributed by atoms with E-state index < -0.39 is 35.8 Å². The van der Waals surface area contributed by atoms with Gasteiger partial charge in [-0.1, -0.05) is 31.5 Å². The van der Waals surface area contributed by atoms with Crippen LogP contribution in [0.4, 0.5) is 10.7 Å². The quantitative estimate of drug-likeness (QED) is 0.433. The van der Waals surface area contributed by atoms with Gasteiger partial charge in [0.1, 0.15) is 9.88 Å². The molecule has 1 aromatic carbocycles. The van der Waals surface area contributed by atoms with E-state index in [1.807, 2.05) is 37.3 Å². The number of amides is 2. The van der Waals surface area contributed by atoms with Gasteiger partial charge in [0, 0.05) is 0 Å². The molecule has 4 rings (SSSR count). The maximum absolute atomic E-state index is 13.7. The van der Waals surface area contributed by atoms with E-state index in [0.717, 1.165) is 28.3 Å². The molecule has 2 amide bonds. The highest BCUT2D eigenvalue weighted by atomic mass is 32.1. The number of hydrogen-bond acceptors (Lipinski definition) is 9. The zero-order valence-corrected chi connectivity index (χ0v) is 20.2. The molecule has 34 heavy (non-hydrogen) atoms. The Hall–Kier alpha value is -3.24. The van der Waals surface area contributed by atoms with Crippen molar-refractivity contribution >= 4 is 45.8 Å². The third-order valence-corrected chi connectivity index (χ3v) is 7.27. The van der Waals surface area contributed by atoms with E-state index in [1.54, 1.807) is 18.9 Å². The van der Waals surface area contributed by atoms with Crippen molar-refractivity contribution in [3.8, 4) is 0 Å². The number of hydroxylamine groups is 1. The average Bonchev–Trinajstić information content (AvgIpc) is 3.45. The van der Waals surface area contributed by atoms with Crippen molar-refractivity contribution in [3.63, 3.8) is 0 Å². The van der Waals surface area contributed by atoms with E-state index in [0.29, 0.717) is 12.0 Å². The predicted octanol–water partition coefficient (Wildman–Crippen LogP) is 3.50. The number of esters is 2. The Balaban J connectivity index is 1.75. The van der Waals surface area contributed by atoms with Crippen molar-refractivity contribution in [1.82, 2.24) is 0 Å². The van der Waals surface area contributed by atoms with Crippen LogP contribution in [0, 0.1) is 12.8 Å². The van der Waals surface area contributed by atoms with Gasteiger partial charge in [0.15, 0.2) is 6.10 Å². The molecule has 0 N–H and O–H groups in total. The van der Waals surface area contributed by atoms with Gasteiger partial charge in [-0.05, 0) is 38.0 Å². The molecule has 3 heterocycles. The molecule has 2 aliphatic rings. The normalized spacial score (nSPS) is 21.7. The molecule has 0 radical (unpaired) electrons. The predicted molar refractivity (Wildman–Crippen MR) is 125 cm³/mol. The van der Waals surface area contributed by atoms with Gasteiger partial charge in [-0.3, -0.25) is 14.4 Å². The zero-order chi connectivity index (χ0) is 24.6. The fourth-order valence-electron chi connectivity index (χ4n) is 4.50. The summed E-state index contributed by atoms with van der Waals surface area (Å²) in [5.41, 5.74) is 1.07. The number of anilines is 2. The van der Waals surface area contributed by atoms with Crippen molar-refractivity contribution in [3.05, 3.63) is 46.3 Å². The zero-order valence-electron chi connectivity index (χ0n) is 19.4. The number of hydrogen-bond donors (Lipinski definition) is 0. The number of carbonyl (C=O) groups is 4. The second-order valence-electron chi connectivity index (χ2n) is 8.03. The number of fused-ring (bicyclic) bond motifs is 1. The number of imide groups is 1. The lowest BCUT2D eigenvalue weighted by Gasteiger charge is -2.28. The van der Waals surface area contributed by atoms with Gasteiger partial charge in [-0.25, -0.2) is 19.6 Å². The third-order valence-electron chi connectivity index (χ3n) is 6.02. The highest BCUT2D eigenvalue weighted by molar-refractivity contribution is 7.19. The summed E-state index contributed by atoms with van der Waals surface area (Å²) >= 11 is 0.873. The highest BCUT2D eigenvalue weighted by Gasteiger charge is 2.60. The summed E-state index contributed by atoms with van der Waals surface area (Å²) in [5, 5.41) is 1.71. The molecule has 0 aliphatic carbocycles. The molecule has 2 aliphatic heterocycles. The summed E-state index contributed by atoms with van der Waals surface area (Å²) in [6, 6.07) is 8.97. The number of thiophene rings is 1. The maximum atomic E-state index is 13.7. The Morgan fingerprint density at radius 1 is 1.09 bits per heavy atom. The van der Waals surface area contributed by atoms with Crippen LogP contribution in [0.15, 0.2) is 30.3 Å². The Morgan fingerprint density at radius 3 is 2.41 bits per heavy atom. The summed E-state index contributed by atoms with van der Waals surface area (Å²) in [5.74, 6) is -3.15. The van der Waals surface area contributed by atoms with E-state index in [1.165, 1.54) is 7.11 Å². The first kappa shape index (κ1) is 23.9. The van der Waals surface area contributed by atoms with Gasteiger partial charge in [-0.2, -0.15) is 0 Å². The molecule has 0 saturated carbocycles. The largest absolute Gasteiger partial charge is 0.465 e. The van der Waals surface area contributed by atoms with E-state index >= 15 is 0 Å². The van der Waals surface area contributed by atoms with Crippen LogP contribution in [0.2, 0.25) is 0 Å². The van der Waals surface area contributed by atoms with Crippen molar-refractivity contribution in [2.24, 2.45) is 5.92 Å². The van der Waals surface area contributed by atoms with Crippen LogP contribution in [-0.4, -0.2) is 49.6 Å². The standard InChI is InChI=1S/C24H26N2O7S/c1-5-10-15-17-18(33-26(15)14-11-8-7-9-12-14)21(28)25(20(17)27)22-16(23(29)31-4)13(3)19(34-22)24(30)32-6-2/h7-9,11-12,15,17-18H,5-6,10H2,1-4H3/t15-,17+,18-/m1/s1. The SMILES string of the molecule is CCC[C@@H]1[C@@H]2C(=O)N(c3sc(C(=O)OCC)c(C)c3C(=O)OC)C(=O)[C@@H]2ON1c1ccccc1. The first-order valence-corrected chi connectivity index (χ1v) is 11.9. The van der Waals surface area contributed by atoms with Gasteiger partial charge < -0.3 is 9.47 Å². The minimum absolute atomic E-state index is 0.00387. The maximum Gasteiger partial charge on any atom is 0.348 e. The van der Waals surface area contributed by atoms with Gasteiger partial charge >= 0.3 is 11.9 Å². The molecule has 180 valence electrons. The lowest BCUT2D eigenvalue weighted by molar-refractivity contribution is -0.126. The van der Waals surface area contributed by atoms with Crippen molar-refractivity contribution in [1.29, 1.82) is 0 Å². The number of nitrogens with zero attached hydrogens (tertiary/aromatic N) is 2. The van der Waals surface area contributed by atoms with Crippen molar-refractivity contribution in [2.45, 2.75) is 45.8 Å². The topological polar surface area (TPSA) is 102 Å². The molecule has 2 saturated heterocycles. The summed E-state index contributed by atoms with van der Waals surface area (Å²) in [6.07, 6.45) is 0.383. The van der Waals surface area contributed by atoms with E-state index in [2.05, 4.69) is 0 Å². The fraction of sp³-hybridized carbons (Fsp3) is 0.417. The van der Waals surface area contributed by atoms with E-state index in [4.69, 9.17) is 14.3 Å². The minimum atomic E-state index is -1.02. The monoisotopic (exact) mass is 486 g/mol. The number of methoxy groups -OCH3 is 1. The molecule has 2 fully saturated rings. The van der Waals surface area contributed by atoms with Crippen molar-refractivity contribution < 1.29 is 33.5 Å². The van der Waals surface area contributed by atoms with Gasteiger partial charge in [0.25, 0.3) is 5.91 Å². The number of ether oxygens (including phenoxy) is 2. The molecule has 0 unspecified atom stereocenters. The van der Waals surface area contributed by atoms with Crippen LogP contribution in [0.25, 0.3) is 0 Å². The molecule has 10 heteroatoms. The minimum Gasteiger partial charge on any atom is -0.465 e. The second kappa shape index (κ2) is 9.55. The number of para-hydroxylation sites is 1. The van der Waals surface area contributed by atoms with Gasteiger partial charge in [-0.15, -0.1) is 11.3 Å². The summed E-state index contributed by atoms with van der Waals surface area (Å²) in [7, 11) is 1.20.